The SMILES string of the molecule is C=P(N=C1N(C)CCN1C)(OC(C)(C)C)OC(C)(C)CCC(C)(C)OP(=C)(N=C1N(C)CCN1C)OC(C)(C)CCC(C)(C)OP(=C)(N=C1N(C)CCN1C)OC(C)(C)C. The van der Waals surface area contributed by atoms with Crippen molar-refractivity contribution in [1.29, 1.82) is 0 Å². The van der Waals surface area contributed by atoms with E-state index in [1.54, 1.807) is 0 Å². The fourth-order valence-corrected chi connectivity index (χ4v) is 14.5. The van der Waals surface area contributed by atoms with Crippen LogP contribution in [0, 0.1) is 0 Å². The molecule has 60 heavy (non-hydrogen) atoms. The zero-order valence-corrected chi connectivity index (χ0v) is 44.2. The predicted octanol–water partition coefficient (Wildman–Crippen LogP) is 8.64. The first kappa shape index (κ1) is 52.8. The predicted molar refractivity (Wildman–Crippen MR) is 261 cm³/mol. The molecule has 0 aromatic heterocycles. The summed E-state index contributed by atoms with van der Waals surface area (Å²) in [6.07, 6.45) is 16.2. The van der Waals surface area contributed by atoms with E-state index in [-0.39, 0.29) is 0 Å². The topological polar surface area (TPSA) is 112 Å². The van der Waals surface area contributed by atoms with Crippen molar-refractivity contribution >= 4 is 59.2 Å². The minimum absolute atomic E-state index is 0.507. The highest BCUT2D eigenvalue weighted by Crippen LogP contribution is 2.60. The molecule has 3 aliphatic heterocycles. The Balaban J connectivity index is 1.86. The first-order valence-corrected chi connectivity index (χ1v) is 26.7. The largest absolute Gasteiger partial charge is 0.344 e. The van der Waals surface area contributed by atoms with Gasteiger partial charge >= 0.3 is 0 Å². The van der Waals surface area contributed by atoms with Crippen molar-refractivity contribution in [2.24, 2.45) is 14.3 Å². The molecule has 15 nitrogen and oxygen atoms in total. The molecule has 350 valence electrons. The lowest BCUT2D eigenvalue weighted by Gasteiger charge is -2.41. The number of rotatable bonds is 19. The van der Waals surface area contributed by atoms with Crippen LogP contribution in [0.4, 0.5) is 0 Å². The molecule has 0 N–H and O–H groups in total. The third-order valence-electron chi connectivity index (χ3n) is 10.1. The monoisotopic (exact) mass is 906 g/mol. The van der Waals surface area contributed by atoms with Gasteiger partial charge in [-0.3, -0.25) is 0 Å². The molecule has 0 saturated carbocycles. The van der Waals surface area contributed by atoms with Crippen LogP contribution in [0.25, 0.3) is 0 Å². The maximum absolute atomic E-state index is 7.04. The van der Waals surface area contributed by atoms with E-state index in [2.05, 4.69) is 104 Å². The maximum Gasteiger partial charge on any atom is 0.238 e. The van der Waals surface area contributed by atoms with Gasteiger partial charge < -0.3 is 56.5 Å². The lowest BCUT2D eigenvalue weighted by atomic mass is 9.94. The fourth-order valence-electron chi connectivity index (χ4n) is 7.21. The Morgan fingerprint density at radius 2 is 0.533 bits per heavy atom. The van der Waals surface area contributed by atoms with Crippen LogP contribution in [0.2, 0.25) is 0 Å². The smallest absolute Gasteiger partial charge is 0.238 e. The molecule has 3 aliphatic rings. The van der Waals surface area contributed by atoms with Gasteiger partial charge in [0.15, 0.2) is 0 Å². The molecule has 0 spiro atoms. The van der Waals surface area contributed by atoms with Gasteiger partial charge in [0.2, 0.25) is 40.4 Å². The Hall–Kier alpha value is -1.53. The highest BCUT2D eigenvalue weighted by Gasteiger charge is 2.41. The van der Waals surface area contributed by atoms with Crippen molar-refractivity contribution in [2.75, 3.05) is 81.6 Å². The first-order valence-electron chi connectivity index (χ1n) is 21.4. The van der Waals surface area contributed by atoms with Crippen LogP contribution in [0.15, 0.2) is 14.3 Å². The van der Waals surface area contributed by atoms with Crippen LogP contribution in [0.5, 0.6) is 0 Å². The third kappa shape index (κ3) is 16.5. The molecule has 0 bridgehead atoms. The molecule has 0 aromatic rings. The Kier molecular flexibility index (Phi) is 16.6. The Morgan fingerprint density at radius 1 is 0.367 bits per heavy atom. The Bertz CT molecular complexity index is 1590. The molecule has 3 rings (SSSR count). The summed E-state index contributed by atoms with van der Waals surface area (Å²) in [6.45, 7) is 33.9. The van der Waals surface area contributed by atoms with Crippen molar-refractivity contribution in [3.63, 3.8) is 0 Å². The maximum atomic E-state index is 7.04. The summed E-state index contributed by atoms with van der Waals surface area (Å²) in [6, 6.07) is 0. The molecular formula is C42H86N9O6P3. The van der Waals surface area contributed by atoms with E-state index >= 15 is 0 Å². The lowest BCUT2D eigenvalue weighted by molar-refractivity contribution is 0.00522. The number of guanidine groups is 3. The Morgan fingerprint density at radius 3 is 0.700 bits per heavy atom. The van der Waals surface area contributed by atoms with Gasteiger partial charge in [0, 0.05) is 81.6 Å². The molecule has 3 saturated heterocycles. The van der Waals surface area contributed by atoms with Crippen LogP contribution in [0.1, 0.15) is 123 Å². The zero-order chi connectivity index (χ0) is 46.1. The highest BCUT2D eigenvalue weighted by molar-refractivity contribution is 7.64. The van der Waals surface area contributed by atoms with E-state index in [1.807, 2.05) is 83.8 Å². The van der Waals surface area contributed by atoms with Gasteiger partial charge in [-0.25, -0.2) is 0 Å². The third-order valence-corrected chi connectivity index (χ3v) is 16.4. The van der Waals surface area contributed by atoms with E-state index in [0.29, 0.717) is 25.7 Å². The fraction of sp³-hybridized carbons (Fsp3) is 0.857. The minimum atomic E-state index is -3.16. The number of likely N-dealkylation sites (N-methyl/N-ethyl adjacent to an activating group) is 6. The van der Waals surface area contributed by atoms with Crippen LogP contribution < -0.4 is 0 Å². The van der Waals surface area contributed by atoms with Crippen LogP contribution in [-0.4, -0.2) is 181 Å². The second kappa shape index (κ2) is 18.9. The minimum Gasteiger partial charge on any atom is -0.344 e. The van der Waals surface area contributed by atoms with Crippen LogP contribution >= 0.6 is 22.5 Å². The average molecular weight is 906 g/mol. The van der Waals surface area contributed by atoms with Crippen molar-refractivity contribution in [1.82, 2.24) is 29.4 Å². The van der Waals surface area contributed by atoms with Crippen molar-refractivity contribution in [2.45, 2.75) is 156 Å². The summed E-state index contributed by atoms with van der Waals surface area (Å²) >= 11 is 0. The average Bonchev–Trinajstić information content (AvgIpc) is 3.63. The molecule has 3 fully saturated rings. The molecule has 2 unspecified atom stereocenters. The quantitative estimate of drug-likeness (QED) is 0.116. The highest BCUT2D eigenvalue weighted by atomic mass is 31.2. The van der Waals surface area contributed by atoms with E-state index < -0.39 is 56.1 Å². The molecule has 2 atom stereocenters. The van der Waals surface area contributed by atoms with Crippen LogP contribution in [0.3, 0.4) is 0 Å². The van der Waals surface area contributed by atoms with Gasteiger partial charge in [0.1, 0.15) is 0 Å². The molecule has 0 aliphatic carbocycles. The van der Waals surface area contributed by atoms with Crippen molar-refractivity contribution < 1.29 is 27.1 Å². The van der Waals surface area contributed by atoms with Gasteiger partial charge in [0.25, 0.3) is 0 Å². The number of hydrogen-bond donors (Lipinski definition) is 0. The summed E-state index contributed by atoms with van der Waals surface area (Å²) in [5, 5.41) is 0. The second-order valence-electron chi connectivity index (χ2n) is 21.5. The van der Waals surface area contributed by atoms with Gasteiger partial charge in [0.05, 0.1) is 33.6 Å². The molecule has 18 heteroatoms. The van der Waals surface area contributed by atoms with Crippen molar-refractivity contribution in [3.05, 3.63) is 0 Å². The number of nitrogens with zero attached hydrogens (tertiary/aromatic N) is 9. The normalized spacial score (nSPS) is 20.9. The number of hydrogen-bond acceptors (Lipinski definition) is 9. The summed E-state index contributed by atoms with van der Waals surface area (Å²) in [5.41, 5.74) is -3.70. The van der Waals surface area contributed by atoms with Gasteiger partial charge in [-0.2, -0.15) is 14.3 Å². The summed E-state index contributed by atoms with van der Waals surface area (Å²) < 4.78 is 56.2. The first-order chi connectivity index (χ1) is 26.9. The van der Waals surface area contributed by atoms with Crippen LogP contribution in [-0.2, 0) is 27.1 Å². The molecule has 3 heterocycles. The zero-order valence-electron chi connectivity index (χ0n) is 41.5. The van der Waals surface area contributed by atoms with E-state index in [4.69, 9.17) is 41.4 Å². The lowest BCUT2D eigenvalue weighted by Crippen LogP contribution is -2.35. The standard InChI is InChI=1S/C42H86N9O6P3/c1-37(2,3)52-58(21,43-34-46(15)28-29-47(34)16)54-39(7,8)24-26-41(11,12)56-60(23,45-36-50(19)32-33-51(36)20)57-42(13,14)27-25-40(9,10)55-59(22,53-38(4,5)6)44-35-48(17)30-31-49(35)18/h21-33H2,1-20H3. The van der Waals surface area contributed by atoms with Gasteiger partial charge in [-0.15, -0.1) is 0 Å². The summed E-state index contributed by atoms with van der Waals surface area (Å²) in [7, 11) is 3.14. The van der Waals surface area contributed by atoms with Gasteiger partial charge in [-0.05, 0) is 142 Å². The Labute approximate surface area is 366 Å². The van der Waals surface area contributed by atoms with Gasteiger partial charge in [-0.1, -0.05) is 0 Å². The van der Waals surface area contributed by atoms with E-state index in [9.17, 15) is 0 Å². The summed E-state index contributed by atoms with van der Waals surface area (Å²) in [5.74, 6) is 2.46. The van der Waals surface area contributed by atoms with E-state index in [1.165, 1.54) is 0 Å². The molecule has 0 amide bonds. The van der Waals surface area contributed by atoms with Crippen molar-refractivity contribution in [3.8, 4) is 0 Å². The molecular weight excluding hydrogens is 819 g/mol. The van der Waals surface area contributed by atoms with E-state index in [0.717, 1.165) is 57.1 Å². The second-order valence-corrected chi connectivity index (χ2v) is 27.0. The summed E-state index contributed by atoms with van der Waals surface area (Å²) in [4.78, 5) is 12.7. The molecule has 0 aromatic carbocycles. The molecule has 0 radical (unpaired) electrons.